The second kappa shape index (κ2) is 46.8. The van der Waals surface area contributed by atoms with Crippen LogP contribution >= 0.6 is 0 Å². The molecular weight excluding hydrogens is 1800 g/mol. The highest BCUT2D eigenvalue weighted by molar-refractivity contribution is 5.94. The van der Waals surface area contributed by atoms with Crippen molar-refractivity contribution in [2.24, 2.45) is 5.73 Å². The lowest BCUT2D eigenvalue weighted by molar-refractivity contribution is 0.0374. The second-order valence-electron chi connectivity index (χ2n) is 31.1. The Morgan fingerprint density at radius 2 is 0.887 bits per heavy atom. The Morgan fingerprint density at radius 1 is 0.404 bits per heavy atom. The number of amides is 2. The maximum Gasteiger partial charge on any atom is 0.251 e. The summed E-state index contributed by atoms with van der Waals surface area (Å²) in [5, 5.41) is 46.7. The third-order valence-electron chi connectivity index (χ3n) is 20.5. The molecule has 0 saturated carbocycles. The van der Waals surface area contributed by atoms with Gasteiger partial charge in [0, 0.05) is 127 Å². The fourth-order valence-electron chi connectivity index (χ4n) is 13.8. The third kappa shape index (κ3) is 27.0. The van der Waals surface area contributed by atoms with Crippen LogP contribution in [0.4, 0.5) is 128 Å². The number of nitrogens with one attached hydrogen (secondary N) is 8. The number of aryl methyl sites for hydroxylation is 1. The molecule has 47 heteroatoms. The molecule has 0 bridgehead atoms. The number of carbonyl (C=O) groups excluding carboxylic acids is 2. The first-order chi connectivity index (χ1) is 68.5. The number of nitrogen functional groups attached to an aromatic ring is 7. The van der Waals surface area contributed by atoms with Crippen LogP contribution in [-0.4, -0.2) is 211 Å². The number of carbonyl (C=O) groups is 2. The Balaban J connectivity index is 0.000000133. The number of pyridine rings is 3. The Labute approximate surface area is 807 Å². The first-order valence-corrected chi connectivity index (χ1v) is 44.2. The van der Waals surface area contributed by atoms with E-state index in [4.69, 9.17) is 69.6 Å². The minimum atomic E-state index is -0.560. The Morgan fingerprint density at radius 3 is 1.40 bits per heavy atom. The van der Waals surface area contributed by atoms with Gasteiger partial charge >= 0.3 is 0 Å². The zero-order valence-corrected chi connectivity index (χ0v) is 77.3. The number of nitrogens with two attached hydrogens (primary N) is 8. The van der Waals surface area contributed by atoms with E-state index in [-0.39, 0.29) is 47.7 Å². The van der Waals surface area contributed by atoms with Crippen LogP contribution in [0, 0.1) is 6.92 Å². The van der Waals surface area contributed by atoms with Crippen LogP contribution in [0.15, 0.2) is 255 Å². The van der Waals surface area contributed by atoms with Crippen molar-refractivity contribution in [2.75, 3.05) is 162 Å². The zero-order chi connectivity index (χ0) is 98.5. The van der Waals surface area contributed by atoms with Gasteiger partial charge in [0.25, 0.3) is 5.91 Å². The van der Waals surface area contributed by atoms with E-state index in [0.29, 0.717) is 141 Å². The van der Waals surface area contributed by atoms with Gasteiger partial charge in [0.05, 0.1) is 63.7 Å². The molecule has 47 nitrogen and oxygen atoms in total. The Kier molecular flexibility index (Phi) is 32.1. The molecule has 722 valence electrons. The monoisotopic (exact) mass is 1900 g/mol. The minimum Gasteiger partial charge on any atom is -0.497 e. The molecule has 2 fully saturated rings. The standard InChI is InChI=1S/C21H26N8O2.C19H19N9.C19H22N8O3.C18H17N9.C17H20N6O2/c22-20-26-21(27-29(20)18-4-1-2-9-23-18)25-17-7-5-16(6-8-17)19(30)24-10-3-11-28-12-14-31-15-13-28;1-12-22-16(24-14-7-3-2-4-8-14)11-17(23-12)28-18(21)26-19(27-28)25-15-9-5-6-13(20)10-15;1-29-15-10-13(26-6-8-30-9-7-26)3-4-14(15)23-19-24-18(21)27(25-19)16-5-2-12(11-22-16)17(20)28;19-12-5-4-8-14(9-12)24-18-25-17(20)27(26-18)16-10-15(21-11-22-16)23-13-6-2-1-3-7-13;1-11(2)25-14-8-7-12(24-3)10-13(14)20-17-21-16(18)23(22-17)15-6-4-5-9-19-15/h1-2,4-9H,3,10-15H2,(H,24,30)(H3,22,25,26,27);2-11H,20H2,1H3,(H,22,23,24)(H3,21,25,26,27);2-5,10-11H,6-9H2,1H3,(H2,20,28)(H3,21,23,24,25);1-11H,19H2,(H,21,22,23)(H3,20,24,25,26);4-11H,1-3H3,(H3,18,20,21,22). The molecule has 0 radical (unpaired) electrons. The number of ether oxygens (including phenoxy) is 5. The predicted molar refractivity (Wildman–Crippen MR) is 540 cm³/mol. The molecule has 2 amide bonds. The number of rotatable bonds is 30. The van der Waals surface area contributed by atoms with Crippen LogP contribution in [0.25, 0.3) is 29.1 Å². The predicted octanol–water partition coefficient (Wildman–Crippen LogP) is 10.9. The van der Waals surface area contributed by atoms with Gasteiger partial charge in [-0.2, -0.15) is 48.3 Å². The Bertz CT molecular complexity index is 6960. The number of anilines is 22. The van der Waals surface area contributed by atoms with E-state index in [1.807, 2.05) is 159 Å². The average molecular weight is 1910 g/mol. The SMILES string of the molecule is COc1cc(N2CCOCC2)ccc1Nc1nc(N)n(-c2ccc(C(N)=O)cn2)n1.COc1ccc(OC(C)C)c(Nc2nc(N)n(-c3ccccn3)n2)c1.Cc1nc(Nc2ccccc2)cc(-n2nc(Nc3cccc(N)c3)nc2N)n1.Nc1cccc(Nc2nc(N)n(-c3cc(Nc4ccccc4)ncn3)n2)c1.Nc1nc(Nc2ccc(C(=O)NCCCN3CCOCC3)cc2)nn1-c1ccccn1. The number of hydrogen-bond donors (Lipinski definition) is 16. The van der Waals surface area contributed by atoms with E-state index in [1.165, 1.54) is 35.9 Å². The molecular formula is C94H104N40O7. The van der Waals surface area contributed by atoms with Gasteiger partial charge in [0.15, 0.2) is 29.1 Å². The quantitative estimate of drug-likeness (QED) is 0.0147. The summed E-state index contributed by atoms with van der Waals surface area (Å²) in [7, 11) is 3.21. The van der Waals surface area contributed by atoms with E-state index < -0.39 is 5.91 Å². The molecule has 12 heterocycles. The van der Waals surface area contributed by atoms with Crippen molar-refractivity contribution in [1.29, 1.82) is 0 Å². The molecule has 10 aromatic heterocycles. The zero-order valence-electron chi connectivity index (χ0n) is 77.3. The van der Waals surface area contributed by atoms with Crippen molar-refractivity contribution in [3.05, 3.63) is 272 Å². The molecule has 2 aliphatic rings. The topological polar surface area (TPSA) is 635 Å². The van der Waals surface area contributed by atoms with Crippen LogP contribution in [0.3, 0.4) is 0 Å². The lowest BCUT2D eigenvalue weighted by Crippen LogP contribution is -2.38. The molecule has 24 N–H and O–H groups in total. The Hall–Kier alpha value is -18.9. The highest BCUT2D eigenvalue weighted by Gasteiger charge is 2.22. The summed E-state index contributed by atoms with van der Waals surface area (Å²) in [5.74, 6) is 8.45. The highest BCUT2D eigenvalue weighted by Crippen LogP contribution is 2.35. The lowest BCUT2D eigenvalue weighted by atomic mass is 10.2. The summed E-state index contributed by atoms with van der Waals surface area (Å²) in [5.41, 5.74) is 55.5. The molecule has 0 unspecified atom stereocenters. The number of aromatic nitrogens is 22. The number of hydrogen-bond acceptors (Lipinski definition) is 40. The molecule has 2 saturated heterocycles. The number of methoxy groups -OCH3 is 2. The van der Waals surface area contributed by atoms with Crippen molar-refractivity contribution >= 4 is 140 Å². The van der Waals surface area contributed by atoms with Crippen molar-refractivity contribution in [1.82, 2.24) is 119 Å². The van der Waals surface area contributed by atoms with Crippen LogP contribution in [0.5, 0.6) is 17.2 Å². The molecule has 19 rings (SSSR count). The summed E-state index contributed by atoms with van der Waals surface area (Å²) < 4.78 is 34.6. The van der Waals surface area contributed by atoms with Gasteiger partial charge in [-0.3, -0.25) is 14.5 Å². The largest absolute Gasteiger partial charge is 0.497 e. The van der Waals surface area contributed by atoms with Gasteiger partial charge in [-0.05, 0) is 179 Å². The van der Waals surface area contributed by atoms with Crippen LogP contribution < -0.4 is 108 Å². The first kappa shape index (κ1) is 96.6. The summed E-state index contributed by atoms with van der Waals surface area (Å²) in [6.07, 6.45) is 7.07. The van der Waals surface area contributed by atoms with Crippen molar-refractivity contribution in [3.63, 3.8) is 0 Å². The van der Waals surface area contributed by atoms with Gasteiger partial charge < -0.3 is 117 Å². The summed E-state index contributed by atoms with van der Waals surface area (Å²) >= 11 is 0. The van der Waals surface area contributed by atoms with Gasteiger partial charge in [-0.25, -0.2) is 34.9 Å². The van der Waals surface area contributed by atoms with Crippen molar-refractivity contribution in [2.45, 2.75) is 33.3 Å². The van der Waals surface area contributed by atoms with Crippen LogP contribution in [-0.2, 0) is 9.47 Å². The van der Waals surface area contributed by atoms with E-state index in [9.17, 15) is 9.59 Å². The number of benzene rings is 7. The molecule has 2 aliphatic heterocycles. The lowest BCUT2D eigenvalue weighted by Gasteiger charge is -2.29. The van der Waals surface area contributed by atoms with E-state index in [0.717, 1.165) is 86.5 Å². The summed E-state index contributed by atoms with van der Waals surface area (Å²) in [4.78, 5) is 79.2. The fraction of sp³-hybridized carbons (Fsp3) is 0.181. The second-order valence-corrected chi connectivity index (χ2v) is 31.1. The smallest absolute Gasteiger partial charge is 0.251 e. The molecule has 7 aromatic carbocycles. The third-order valence-corrected chi connectivity index (χ3v) is 20.5. The van der Waals surface area contributed by atoms with Gasteiger partial charge in [0.2, 0.25) is 65.4 Å². The molecule has 0 aliphatic carbocycles. The maximum absolute atomic E-state index is 12.4. The van der Waals surface area contributed by atoms with Gasteiger partial charge in [0.1, 0.15) is 41.0 Å². The normalized spacial score (nSPS) is 12.1. The van der Waals surface area contributed by atoms with Crippen LogP contribution in [0.2, 0.25) is 0 Å². The fourth-order valence-corrected chi connectivity index (χ4v) is 13.8. The van der Waals surface area contributed by atoms with Gasteiger partial charge in [-0.15, -0.1) is 25.5 Å². The van der Waals surface area contributed by atoms with Crippen LogP contribution in [0.1, 0.15) is 46.8 Å². The van der Waals surface area contributed by atoms with E-state index in [2.05, 4.69) is 138 Å². The van der Waals surface area contributed by atoms with Gasteiger partial charge in [-0.1, -0.05) is 60.7 Å². The molecule has 17 aromatic rings. The molecule has 0 atom stereocenters. The number of para-hydroxylation sites is 2. The number of primary amides is 1. The van der Waals surface area contributed by atoms with E-state index >= 15 is 0 Å². The van der Waals surface area contributed by atoms with Crippen molar-refractivity contribution < 1.29 is 33.3 Å². The first-order valence-electron chi connectivity index (χ1n) is 44.2. The van der Waals surface area contributed by atoms with E-state index in [1.54, 1.807) is 118 Å². The molecule has 0 spiro atoms. The highest BCUT2D eigenvalue weighted by atomic mass is 16.5. The minimum absolute atomic E-state index is 0.0260. The van der Waals surface area contributed by atoms with Crippen molar-refractivity contribution in [3.8, 4) is 46.3 Å². The molecule has 141 heavy (non-hydrogen) atoms. The summed E-state index contributed by atoms with van der Waals surface area (Å²) in [6, 6.07) is 70.1. The average Bonchev–Trinajstić information content (AvgIpc) is 1.78. The maximum atomic E-state index is 12.4. The number of nitrogens with zero attached hydrogens (tertiary/aromatic N) is 24. The summed E-state index contributed by atoms with van der Waals surface area (Å²) in [6.45, 7) is 13.9. The number of morpholine rings is 2.